The number of hydrogen-bond donors (Lipinski definition) is 2. The molecule has 0 unspecified atom stereocenters. The van der Waals surface area contributed by atoms with Crippen LogP contribution in [-0.2, 0) is 13.0 Å². The van der Waals surface area contributed by atoms with Gasteiger partial charge in [-0.25, -0.2) is 9.98 Å². The molecule has 1 aliphatic rings. The molecular weight excluding hydrogens is 372 g/mol. The van der Waals surface area contributed by atoms with Gasteiger partial charge in [0.15, 0.2) is 17.5 Å². The van der Waals surface area contributed by atoms with Crippen LogP contribution in [0.2, 0.25) is 5.02 Å². The highest BCUT2D eigenvalue weighted by molar-refractivity contribution is 7.11. The maximum atomic E-state index is 6.29. The Bertz CT molecular complexity index is 779. The summed E-state index contributed by atoms with van der Waals surface area (Å²) in [6, 6.07) is 3.92. The molecule has 0 atom stereocenters. The van der Waals surface area contributed by atoms with E-state index in [0.29, 0.717) is 30.5 Å². The molecule has 140 valence electrons. The van der Waals surface area contributed by atoms with Crippen LogP contribution in [0.1, 0.15) is 22.4 Å². The molecule has 26 heavy (non-hydrogen) atoms. The number of aromatic nitrogens is 1. The van der Waals surface area contributed by atoms with Gasteiger partial charge in [-0.1, -0.05) is 11.6 Å². The first-order valence-electron chi connectivity index (χ1n) is 8.67. The molecule has 2 aromatic rings. The molecule has 0 bridgehead atoms. The van der Waals surface area contributed by atoms with Gasteiger partial charge in [-0.15, -0.1) is 11.3 Å². The molecule has 3 rings (SSSR count). The van der Waals surface area contributed by atoms with Crippen LogP contribution in [0.3, 0.4) is 0 Å². The van der Waals surface area contributed by atoms with Crippen molar-refractivity contribution < 1.29 is 9.47 Å². The highest BCUT2D eigenvalue weighted by Gasteiger charge is 2.16. The van der Waals surface area contributed by atoms with Crippen molar-refractivity contribution in [3.05, 3.63) is 38.8 Å². The smallest absolute Gasteiger partial charge is 0.191 e. The van der Waals surface area contributed by atoms with E-state index >= 15 is 0 Å². The molecule has 0 saturated heterocycles. The molecule has 0 amide bonds. The predicted molar refractivity (Wildman–Crippen MR) is 106 cm³/mol. The molecule has 8 heteroatoms. The predicted octanol–water partition coefficient (Wildman–Crippen LogP) is 3.17. The number of nitrogens with zero attached hydrogens (tertiary/aromatic N) is 2. The maximum Gasteiger partial charge on any atom is 0.191 e. The van der Waals surface area contributed by atoms with Crippen molar-refractivity contribution in [3.8, 4) is 11.5 Å². The number of hydrogen-bond acceptors (Lipinski definition) is 5. The number of benzene rings is 1. The van der Waals surface area contributed by atoms with Gasteiger partial charge < -0.3 is 20.1 Å². The Morgan fingerprint density at radius 3 is 2.92 bits per heavy atom. The lowest BCUT2D eigenvalue weighted by atomic mass is 10.1. The monoisotopic (exact) mass is 394 g/mol. The zero-order chi connectivity index (χ0) is 18.4. The highest BCUT2D eigenvalue weighted by atomic mass is 35.5. The Hall–Kier alpha value is -1.99. The third-order valence-corrected chi connectivity index (χ3v) is 4.93. The molecule has 0 fully saturated rings. The third-order valence-electron chi connectivity index (χ3n) is 3.75. The van der Waals surface area contributed by atoms with Gasteiger partial charge in [0, 0.05) is 24.2 Å². The van der Waals surface area contributed by atoms with Crippen molar-refractivity contribution in [3.63, 3.8) is 0 Å². The second-order valence-corrected chi connectivity index (χ2v) is 7.56. The second kappa shape index (κ2) is 9.09. The number of nitrogens with one attached hydrogen (secondary N) is 2. The Balaban J connectivity index is 1.57. The van der Waals surface area contributed by atoms with E-state index in [2.05, 4.69) is 20.6 Å². The van der Waals surface area contributed by atoms with Crippen LogP contribution in [0.4, 0.5) is 0 Å². The summed E-state index contributed by atoms with van der Waals surface area (Å²) in [5.74, 6) is 2.14. The van der Waals surface area contributed by atoms with E-state index in [-0.39, 0.29) is 0 Å². The number of halogens is 1. The van der Waals surface area contributed by atoms with E-state index in [4.69, 9.17) is 21.1 Å². The van der Waals surface area contributed by atoms with Gasteiger partial charge in [0.05, 0.1) is 11.6 Å². The first kappa shape index (κ1) is 18.8. The van der Waals surface area contributed by atoms with E-state index in [9.17, 15) is 0 Å². The molecule has 1 aromatic heterocycles. The first-order valence-corrected chi connectivity index (χ1v) is 9.86. The molecule has 0 spiro atoms. The van der Waals surface area contributed by atoms with Gasteiger partial charge in [-0.3, -0.25) is 0 Å². The fourth-order valence-corrected chi connectivity index (χ4v) is 3.60. The zero-order valence-electron chi connectivity index (χ0n) is 15.0. The molecule has 1 aliphatic heterocycles. The Kier molecular flexibility index (Phi) is 6.57. The second-order valence-electron chi connectivity index (χ2n) is 5.84. The number of thiazole rings is 1. The van der Waals surface area contributed by atoms with Crippen LogP contribution in [0.25, 0.3) is 0 Å². The molecule has 2 N–H and O–H groups in total. The van der Waals surface area contributed by atoms with Crippen molar-refractivity contribution >= 4 is 28.9 Å². The SMILES string of the molecule is CCNC(=NCc1ncc(C)s1)NCCc1cc(Cl)c2c(c1)OCCO2. The highest BCUT2D eigenvalue weighted by Crippen LogP contribution is 2.38. The van der Waals surface area contributed by atoms with Gasteiger partial charge in [-0.05, 0) is 38.0 Å². The van der Waals surface area contributed by atoms with Crippen LogP contribution in [0.15, 0.2) is 23.3 Å². The summed E-state index contributed by atoms with van der Waals surface area (Å²) in [7, 11) is 0. The average molecular weight is 395 g/mol. The zero-order valence-corrected chi connectivity index (χ0v) is 16.5. The maximum absolute atomic E-state index is 6.29. The van der Waals surface area contributed by atoms with Crippen molar-refractivity contribution in [1.29, 1.82) is 0 Å². The lowest BCUT2D eigenvalue weighted by Gasteiger charge is -2.20. The van der Waals surface area contributed by atoms with Gasteiger partial charge in [0.25, 0.3) is 0 Å². The van der Waals surface area contributed by atoms with E-state index < -0.39 is 0 Å². The van der Waals surface area contributed by atoms with E-state index in [1.165, 1.54) is 4.88 Å². The van der Waals surface area contributed by atoms with Gasteiger partial charge >= 0.3 is 0 Å². The van der Waals surface area contributed by atoms with Crippen LogP contribution < -0.4 is 20.1 Å². The van der Waals surface area contributed by atoms with Crippen molar-refractivity contribution in [2.24, 2.45) is 4.99 Å². The summed E-state index contributed by atoms with van der Waals surface area (Å²) in [4.78, 5) is 10.1. The summed E-state index contributed by atoms with van der Waals surface area (Å²) in [5, 5.41) is 8.21. The number of aliphatic imine (C=N–C) groups is 1. The lowest BCUT2D eigenvalue weighted by Crippen LogP contribution is -2.38. The summed E-state index contributed by atoms with van der Waals surface area (Å²) in [6.45, 7) is 7.30. The minimum atomic E-state index is 0.536. The molecule has 0 radical (unpaired) electrons. The molecule has 1 aromatic carbocycles. The summed E-state index contributed by atoms with van der Waals surface area (Å²) in [5.41, 5.74) is 1.10. The third kappa shape index (κ3) is 5.02. The van der Waals surface area contributed by atoms with Crippen LogP contribution in [-0.4, -0.2) is 37.2 Å². The minimum absolute atomic E-state index is 0.536. The molecular formula is C18H23ClN4O2S. The fraction of sp³-hybridized carbons (Fsp3) is 0.444. The lowest BCUT2D eigenvalue weighted by molar-refractivity contribution is 0.171. The fourth-order valence-electron chi connectivity index (χ4n) is 2.60. The average Bonchev–Trinajstić information content (AvgIpc) is 3.05. The van der Waals surface area contributed by atoms with Crippen molar-refractivity contribution in [1.82, 2.24) is 15.6 Å². The summed E-state index contributed by atoms with van der Waals surface area (Å²) < 4.78 is 11.2. The largest absolute Gasteiger partial charge is 0.486 e. The molecule has 0 saturated carbocycles. The van der Waals surface area contributed by atoms with Gasteiger partial charge in [0.1, 0.15) is 18.2 Å². The number of fused-ring (bicyclic) bond motifs is 1. The normalized spacial score (nSPS) is 13.6. The first-order chi connectivity index (χ1) is 12.7. The topological polar surface area (TPSA) is 67.8 Å². The Morgan fingerprint density at radius 1 is 1.31 bits per heavy atom. The van der Waals surface area contributed by atoms with E-state index in [1.54, 1.807) is 11.3 Å². The molecule has 0 aliphatic carbocycles. The van der Waals surface area contributed by atoms with Crippen LogP contribution in [0, 0.1) is 6.92 Å². The summed E-state index contributed by atoms with van der Waals surface area (Å²) in [6.07, 6.45) is 2.68. The summed E-state index contributed by atoms with van der Waals surface area (Å²) >= 11 is 7.96. The molecule has 6 nitrogen and oxygen atoms in total. The van der Waals surface area contributed by atoms with Crippen LogP contribution >= 0.6 is 22.9 Å². The van der Waals surface area contributed by atoms with E-state index in [0.717, 1.165) is 41.8 Å². The van der Waals surface area contributed by atoms with Crippen LogP contribution in [0.5, 0.6) is 11.5 Å². The van der Waals surface area contributed by atoms with Crippen molar-refractivity contribution in [2.75, 3.05) is 26.3 Å². The van der Waals surface area contributed by atoms with Gasteiger partial charge in [0.2, 0.25) is 0 Å². The quantitative estimate of drug-likeness (QED) is 0.581. The van der Waals surface area contributed by atoms with Crippen molar-refractivity contribution in [2.45, 2.75) is 26.8 Å². The van der Waals surface area contributed by atoms with E-state index in [1.807, 2.05) is 32.2 Å². The number of aryl methyl sites for hydroxylation is 1. The number of guanidine groups is 1. The molecule has 2 heterocycles. The Morgan fingerprint density at radius 2 is 2.15 bits per heavy atom. The minimum Gasteiger partial charge on any atom is -0.486 e. The Labute approximate surface area is 162 Å². The van der Waals surface area contributed by atoms with Gasteiger partial charge in [-0.2, -0.15) is 0 Å². The number of rotatable bonds is 6. The number of ether oxygens (including phenoxy) is 2. The standard InChI is InChI=1S/C18H23ClN4O2S/c1-3-20-18(23-11-16-22-10-12(2)26-16)21-5-4-13-8-14(19)17-15(9-13)24-6-7-25-17/h8-10H,3-7,11H2,1-2H3,(H2,20,21,23).